The first kappa shape index (κ1) is 24.6. The lowest BCUT2D eigenvalue weighted by Gasteiger charge is -2.38. The van der Waals surface area contributed by atoms with E-state index in [2.05, 4.69) is 46.4 Å². The number of rotatable bonds is 7. The van der Waals surface area contributed by atoms with Crippen molar-refractivity contribution in [3.05, 3.63) is 59.3 Å². The second kappa shape index (κ2) is 10.2. The van der Waals surface area contributed by atoms with E-state index in [1.807, 2.05) is 37.0 Å². The molecular weight excluding hydrogens is 436 g/mol. The van der Waals surface area contributed by atoms with Crippen molar-refractivity contribution in [3.63, 3.8) is 0 Å². The van der Waals surface area contributed by atoms with Crippen LogP contribution in [-0.2, 0) is 24.2 Å². The van der Waals surface area contributed by atoms with Gasteiger partial charge in [-0.1, -0.05) is 13.8 Å². The minimum absolute atomic E-state index is 0. The molecule has 9 heteroatoms. The zero-order chi connectivity index (χ0) is 22.8. The van der Waals surface area contributed by atoms with Gasteiger partial charge in [0, 0.05) is 31.2 Å². The number of pyridine rings is 2. The molecule has 0 unspecified atom stereocenters. The lowest BCUT2D eigenvalue weighted by molar-refractivity contribution is -0.118. The zero-order valence-corrected chi connectivity index (χ0v) is 20.8. The van der Waals surface area contributed by atoms with E-state index in [0.717, 1.165) is 46.7 Å². The van der Waals surface area contributed by atoms with Crippen molar-refractivity contribution >= 4 is 30.8 Å². The first-order valence-corrected chi connectivity index (χ1v) is 10.9. The van der Waals surface area contributed by atoms with Crippen LogP contribution < -0.4 is 15.0 Å². The van der Waals surface area contributed by atoms with Gasteiger partial charge >= 0.3 is 0 Å². The standard InChI is InChI=1S/C24H30N6O2.H2S/c1-15(2)23-24(31)28-22-16(3)27-19(11-20(22)29(23)4)7-6-18-12-26-30(14-18)13-17-8-9-25-21(10-17)32-5;/h8-12,14-15,23H,6-7,13H2,1-5H3,(H,28,31);1H2/t23-;/m0./s1. The third-order valence-electron chi connectivity index (χ3n) is 5.89. The summed E-state index contributed by atoms with van der Waals surface area (Å²) in [5, 5.41) is 7.55. The summed E-state index contributed by atoms with van der Waals surface area (Å²) in [5.74, 6) is 0.854. The normalized spacial score (nSPS) is 15.2. The summed E-state index contributed by atoms with van der Waals surface area (Å²) >= 11 is 0. The van der Waals surface area contributed by atoms with E-state index in [-0.39, 0.29) is 31.4 Å². The molecule has 0 saturated carbocycles. The number of likely N-dealkylation sites (N-methyl/N-ethyl adjacent to an activating group) is 1. The number of aromatic nitrogens is 4. The molecular formula is C24H32N6O2S. The molecule has 0 aliphatic carbocycles. The lowest BCUT2D eigenvalue weighted by atomic mass is 9.97. The monoisotopic (exact) mass is 468 g/mol. The number of carbonyl (C=O) groups is 1. The summed E-state index contributed by atoms with van der Waals surface area (Å²) in [6.45, 7) is 6.75. The molecule has 0 bridgehead atoms. The van der Waals surface area contributed by atoms with Gasteiger partial charge in [-0.2, -0.15) is 18.6 Å². The Hall–Kier alpha value is -3.07. The minimum atomic E-state index is -0.179. The molecule has 33 heavy (non-hydrogen) atoms. The SMILES string of the molecule is COc1cc(Cn2cc(CCc3cc4c(c(C)n3)NC(=O)[C@H](C(C)C)N4C)cn2)ccn1.S. The quantitative estimate of drug-likeness (QED) is 0.572. The van der Waals surface area contributed by atoms with E-state index in [9.17, 15) is 4.79 Å². The summed E-state index contributed by atoms with van der Waals surface area (Å²) in [5.41, 5.74) is 5.96. The van der Waals surface area contributed by atoms with Gasteiger partial charge in [0.25, 0.3) is 0 Å². The molecule has 4 heterocycles. The van der Waals surface area contributed by atoms with Crippen LogP contribution in [0.1, 0.15) is 36.4 Å². The predicted octanol–water partition coefficient (Wildman–Crippen LogP) is 3.35. The maximum Gasteiger partial charge on any atom is 0.247 e. The fourth-order valence-corrected chi connectivity index (χ4v) is 4.29. The average molecular weight is 469 g/mol. The highest BCUT2D eigenvalue weighted by Gasteiger charge is 2.34. The number of methoxy groups -OCH3 is 1. The minimum Gasteiger partial charge on any atom is -0.481 e. The predicted molar refractivity (Wildman–Crippen MR) is 135 cm³/mol. The van der Waals surface area contributed by atoms with Crippen molar-refractivity contribution in [3.8, 4) is 5.88 Å². The maximum absolute atomic E-state index is 12.5. The van der Waals surface area contributed by atoms with E-state index >= 15 is 0 Å². The van der Waals surface area contributed by atoms with Crippen LogP contribution in [0.5, 0.6) is 5.88 Å². The Morgan fingerprint density at radius 2 is 2.00 bits per heavy atom. The highest BCUT2D eigenvalue weighted by molar-refractivity contribution is 7.59. The van der Waals surface area contributed by atoms with Crippen molar-refractivity contribution in [1.82, 2.24) is 19.7 Å². The number of nitrogens with zero attached hydrogens (tertiary/aromatic N) is 5. The van der Waals surface area contributed by atoms with Crippen LogP contribution >= 0.6 is 13.5 Å². The van der Waals surface area contributed by atoms with E-state index in [1.165, 1.54) is 0 Å². The molecule has 3 aromatic rings. The van der Waals surface area contributed by atoms with Crippen LogP contribution in [0, 0.1) is 12.8 Å². The Kier molecular flexibility index (Phi) is 7.63. The summed E-state index contributed by atoms with van der Waals surface area (Å²) in [6.07, 6.45) is 7.36. The summed E-state index contributed by atoms with van der Waals surface area (Å²) < 4.78 is 7.12. The molecule has 1 amide bonds. The van der Waals surface area contributed by atoms with Crippen LogP contribution in [0.15, 0.2) is 36.8 Å². The zero-order valence-electron chi connectivity index (χ0n) is 19.8. The smallest absolute Gasteiger partial charge is 0.247 e. The number of carbonyl (C=O) groups excluding carboxylic acids is 1. The fraction of sp³-hybridized carbons (Fsp3) is 0.417. The van der Waals surface area contributed by atoms with E-state index in [4.69, 9.17) is 9.72 Å². The van der Waals surface area contributed by atoms with Crippen LogP contribution in [0.3, 0.4) is 0 Å². The van der Waals surface area contributed by atoms with Gasteiger partial charge in [-0.25, -0.2) is 4.98 Å². The number of ether oxygens (including phenoxy) is 1. The number of anilines is 2. The van der Waals surface area contributed by atoms with Crippen molar-refractivity contribution in [2.24, 2.45) is 5.92 Å². The number of amides is 1. The third-order valence-corrected chi connectivity index (χ3v) is 5.89. The molecule has 1 N–H and O–H groups in total. The molecule has 0 aromatic carbocycles. The Morgan fingerprint density at radius 1 is 1.21 bits per heavy atom. The Bertz CT molecular complexity index is 1130. The van der Waals surface area contributed by atoms with Gasteiger partial charge in [0.1, 0.15) is 6.04 Å². The van der Waals surface area contributed by atoms with Crippen LogP contribution in [-0.4, -0.2) is 45.9 Å². The van der Waals surface area contributed by atoms with Crippen molar-refractivity contribution in [1.29, 1.82) is 0 Å². The first-order valence-electron chi connectivity index (χ1n) is 10.9. The van der Waals surface area contributed by atoms with Gasteiger partial charge in [0.2, 0.25) is 11.8 Å². The van der Waals surface area contributed by atoms with Crippen molar-refractivity contribution in [2.75, 3.05) is 24.4 Å². The van der Waals surface area contributed by atoms with Crippen molar-refractivity contribution in [2.45, 2.75) is 46.2 Å². The number of nitrogens with one attached hydrogen (secondary N) is 1. The lowest BCUT2D eigenvalue weighted by Crippen LogP contribution is -2.49. The Morgan fingerprint density at radius 3 is 2.73 bits per heavy atom. The molecule has 8 nitrogen and oxygen atoms in total. The van der Waals surface area contributed by atoms with Gasteiger partial charge in [0.15, 0.2) is 0 Å². The molecule has 0 radical (unpaired) electrons. The summed E-state index contributed by atoms with van der Waals surface area (Å²) in [6, 6.07) is 5.80. The molecule has 0 spiro atoms. The van der Waals surface area contributed by atoms with Crippen LogP contribution in [0.2, 0.25) is 0 Å². The molecule has 4 rings (SSSR count). The van der Waals surface area contributed by atoms with Crippen LogP contribution in [0.4, 0.5) is 11.4 Å². The number of hydrogen-bond donors (Lipinski definition) is 1. The Balaban J connectivity index is 0.00000306. The largest absolute Gasteiger partial charge is 0.481 e. The summed E-state index contributed by atoms with van der Waals surface area (Å²) in [4.78, 5) is 23.5. The first-order chi connectivity index (χ1) is 15.4. The third kappa shape index (κ3) is 5.30. The number of aryl methyl sites for hydroxylation is 3. The number of fused-ring (bicyclic) bond motifs is 1. The summed E-state index contributed by atoms with van der Waals surface area (Å²) in [7, 11) is 3.60. The maximum atomic E-state index is 12.5. The highest BCUT2D eigenvalue weighted by Crippen LogP contribution is 2.35. The van der Waals surface area contributed by atoms with Gasteiger partial charge in [0.05, 0.1) is 36.9 Å². The van der Waals surface area contributed by atoms with E-state index < -0.39 is 0 Å². The van der Waals surface area contributed by atoms with Gasteiger partial charge in [-0.15, -0.1) is 0 Å². The van der Waals surface area contributed by atoms with Gasteiger partial charge < -0.3 is 15.0 Å². The molecule has 0 saturated heterocycles. The highest BCUT2D eigenvalue weighted by atomic mass is 32.1. The molecule has 1 aliphatic rings. The second-order valence-corrected chi connectivity index (χ2v) is 8.63. The van der Waals surface area contributed by atoms with Crippen molar-refractivity contribution < 1.29 is 9.53 Å². The molecule has 1 aliphatic heterocycles. The second-order valence-electron chi connectivity index (χ2n) is 8.63. The molecule has 1 atom stereocenters. The number of hydrogen-bond acceptors (Lipinski definition) is 6. The van der Waals surface area contributed by atoms with Crippen LogP contribution in [0.25, 0.3) is 0 Å². The fourth-order valence-electron chi connectivity index (χ4n) is 4.29. The molecule has 0 fully saturated rings. The molecule has 176 valence electrons. The van der Waals surface area contributed by atoms with Gasteiger partial charge in [-0.3, -0.25) is 14.5 Å². The van der Waals surface area contributed by atoms with E-state index in [1.54, 1.807) is 13.3 Å². The Labute approximate surface area is 201 Å². The molecule has 3 aromatic heterocycles. The van der Waals surface area contributed by atoms with Gasteiger partial charge in [-0.05, 0) is 48.9 Å². The average Bonchev–Trinajstić information content (AvgIpc) is 3.20. The van der Waals surface area contributed by atoms with E-state index in [0.29, 0.717) is 12.4 Å². The topological polar surface area (TPSA) is 85.2 Å².